The minimum atomic E-state index is 0.0907. The number of hydrogen-bond acceptors (Lipinski definition) is 4. The van der Waals surface area contributed by atoms with Crippen molar-refractivity contribution >= 4 is 5.91 Å². The summed E-state index contributed by atoms with van der Waals surface area (Å²) < 4.78 is 5.98. The molecule has 1 aromatic rings. The molecule has 26 heavy (non-hydrogen) atoms. The maximum Gasteiger partial charge on any atom is 0.227 e. The summed E-state index contributed by atoms with van der Waals surface area (Å²) in [5, 5.41) is 0. The van der Waals surface area contributed by atoms with Crippen molar-refractivity contribution in [1.82, 2.24) is 14.7 Å². The molecule has 144 valence electrons. The molecule has 5 heteroatoms. The zero-order valence-corrected chi connectivity index (χ0v) is 16.3. The number of amides is 1. The molecule has 0 radical (unpaired) electrons. The van der Waals surface area contributed by atoms with Crippen molar-refractivity contribution in [2.45, 2.75) is 19.3 Å². The van der Waals surface area contributed by atoms with Crippen LogP contribution < -0.4 is 0 Å². The molecule has 1 atom stereocenters. The Morgan fingerprint density at radius 3 is 2.77 bits per heavy atom. The number of likely N-dealkylation sites (N-methyl/N-ethyl adjacent to an activating group) is 1. The van der Waals surface area contributed by atoms with Crippen LogP contribution in [0.15, 0.2) is 30.3 Å². The van der Waals surface area contributed by atoms with E-state index >= 15 is 0 Å². The minimum Gasteiger partial charge on any atom is -0.379 e. The largest absolute Gasteiger partial charge is 0.379 e. The highest BCUT2D eigenvalue weighted by Crippen LogP contribution is 2.33. The fourth-order valence-electron chi connectivity index (χ4n) is 4.16. The van der Waals surface area contributed by atoms with Crippen LogP contribution >= 0.6 is 0 Å². The van der Waals surface area contributed by atoms with E-state index in [-0.39, 0.29) is 11.3 Å². The number of benzene rings is 1. The van der Waals surface area contributed by atoms with Gasteiger partial charge < -0.3 is 14.5 Å². The summed E-state index contributed by atoms with van der Waals surface area (Å²) in [6, 6.07) is 10.1. The second-order valence-corrected chi connectivity index (χ2v) is 8.21. The van der Waals surface area contributed by atoms with Crippen molar-refractivity contribution in [3.05, 3.63) is 35.9 Å². The van der Waals surface area contributed by atoms with E-state index in [0.717, 1.165) is 70.9 Å². The number of piperidine rings is 1. The van der Waals surface area contributed by atoms with Gasteiger partial charge in [-0.05, 0) is 32.5 Å². The van der Waals surface area contributed by atoms with E-state index in [0.29, 0.717) is 6.42 Å². The second kappa shape index (κ2) is 8.98. The summed E-state index contributed by atoms with van der Waals surface area (Å²) in [4.78, 5) is 19.7. The standard InChI is InChI=1S/C21H33N3O2/c1-22(2)11-12-23-13-14-26-18-21(16-23)9-6-10-24(17-21)20(25)15-19-7-4-3-5-8-19/h3-5,7-8H,6,9-18H2,1-2H3. The van der Waals surface area contributed by atoms with E-state index in [1.807, 2.05) is 30.3 Å². The van der Waals surface area contributed by atoms with E-state index in [1.54, 1.807) is 0 Å². The molecule has 0 aromatic heterocycles. The number of likely N-dealkylation sites (tertiary alicyclic amines) is 1. The molecule has 1 aromatic carbocycles. The molecule has 3 rings (SSSR count). The van der Waals surface area contributed by atoms with Crippen LogP contribution in [-0.4, -0.2) is 87.2 Å². The van der Waals surface area contributed by atoms with E-state index in [2.05, 4.69) is 28.8 Å². The van der Waals surface area contributed by atoms with Crippen LogP contribution in [0, 0.1) is 5.41 Å². The monoisotopic (exact) mass is 359 g/mol. The average molecular weight is 360 g/mol. The molecule has 2 saturated heterocycles. The number of hydrogen-bond donors (Lipinski definition) is 0. The molecule has 0 aliphatic carbocycles. The van der Waals surface area contributed by atoms with Crippen molar-refractivity contribution in [2.24, 2.45) is 5.41 Å². The number of carbonyl (C=O) groups excluding carboxylic acids is 1. The predicted molar refractivity (Wildman–Crippen MR) is 104 cm³/mol. The van der Waals surface area contributed by atoms with Crippen molar-refractivity contribution in [3.63, 3.8) is 0 Å². The highest BCUT2D eigenvalue weighted by molar-refractivity contribution is 5.79. The Morgan fingerprint density at radius 2 is 2.00 bits per heavy atom. The maximum absolute atomic E-state index is 12.8. The van der Waals surface area contributed by atoms with E-state index < -0.39 is 0 Å². The fraction of sp³-hybridized carbons (Fsp3) is 0.667. The van der Waals surface area contributed by atoms with Gasteiger partial charge >= 0.3 is 0 Å². The lowest BCUT2D eigenvalue weighted by Gasteiger charge is -2.43. The Hall–Kier alpha value is -1.43. The van der Waals surface area contributed by atoms with Gasteiger partial charge in [0.15, 0.2) is 0 Å². The third-order valence-electron chi connectivity index (χ3n) is 5.59. The Balaban J connectivity index is 1.62. The highest BCUT2D eigenvalue weighted by Gasteiger charge is 2.40. The molecule has 2 heterocycles. The lowest BCUT2D eigenvalue weighted by Crippen LogP contribution is -2.52. The summed E-state index contributed by atoms with van der Waals surface area (Å²) in [6.45, 7) is 7.45. The number of rotatable bonds is 5. The fourth-order valence-corrected chi connectivity index (χ4v) is 4.16. The number of ether oxygens (including phenoxy) is 1. The number of carbonyl (C=O) groups is 1. The van der Waals surface area contributed by atoms with Crippen molar-refractivity contribution < 1.29 is 9.53 Å². The molecule has 5 nitrogen and oxygen atoms in total. The first kappa shape index (κ1) is 19.3. The average Bonchev–Trinajstić information content (AvgIpc) is 2.83. The van der Waals surface area contributed by atoms with Gasteiger partial charge in [0.2, 0.25) is 5.91 Å². The van der Waals surface area contributed by atoms with Gasteiger partial charge in [-0.2, -0.15) is 0 Å². The number of nitrogens with zero attached hydrogens (tertiary/aromatic N) is 3. The predicted octanol–water partition coefficient (Wildman–Crippen LogP) is 1.73. The molecule has 2 aliphatic heterocycles. The molecule has 2 aliphatic rings. The topological polar surface area (TPSA) is 36.0 Å². The van der Waals surface area contributed by atoms with Gasteiger partial charge in [0.25, 0.3) is 0 Å². The normalized spacial score (nSPS) is 24.8. The summed E-state index contributed by atoms with van der Waals surface area (Å²) in [5.74, 6) is 0.249. The molecule has 0 N–H and O–H groups in total. The summed E-state index contributed by atoms with van der Waals surface area (Å²) in [7, 11) is 4.24. The highest BCUT2D eigenvalue weighted by atomic mass is 16.5. The molecule has 1 spiro atoms. The zero-order valence-electron chi connectivity index (χ0n) is 16.3. The van der Waals surface area contributed by atoms with Gasteiger partial charge in [0.1, 0.15) is 0 Å². The van der Waals surface area contributed by atoms with E-state index in [1.165, 1.54) is 0 Å². The Bertz CT molecular complexity index is 578. The first-order valence-corrected chi connectivity index (χ1v) is 9.83. The van der Waals surface area contributed by atoms with E-state index in [9.17, 15) is 4.79 Å². The van der Waals surface area contributed by atoms with Crippen molar-refractivity contribution in [1.29, 1.82) is 0 Å². The third kappa shape index (κ3) is 5.29. The van der Waals surface area contributed by atoms with Crippen LogP contribution in [0.4, 0.5) is 0 Å². The molecule has 1 amide bonds. The van der Waals surface area contributed by atoms with Crippen LogP contribution in [0.2, 0.25) is 0 Å². The van der Waals surface area contributed by atoms with Crippen molar-refractivity contribution in [3.8, 4) is 0 Å². The molecular weight excluding hydrogens is 326 g/mol. The van der Waals surface area contributed by atoms with Crippen LogP contribution in [0.5, 0.6) is 0 Å². The first-order valence-electron chi connectivity index (χ1n) is 9.83. The first-order chi connectivity index (χ1) is 12.6. The molecular formula is C21H33N3O2. The Morgan fingerprint density at radius 1 is 1.19 bits per heavy atom. The van der Waals surface area contributed by atoms with Crippen LogP contribution in [0.25, 0.3) is 0 Å². The Labute approximate surface area is 157 Å². The van der Waals surface area contributed by atoms with Gasteiger partial charge in [-0.3, -0.25) is 9.69 Å². The smallest absolute Gasteiger partial charge is 0.227 e. The summed E-state index contributed by atoms with van der Waals surface area (Å²) in [6.07, 6.45) is 2.73. The molecule has 1 unspecified atom stereocenters. The Kier molecular flexibility index (Phi) is 6.68. The summed E-state index contributed by atoms with van der Waals surface area (Å²) in [5.41, 5.74) is 1.19. The lowest BCUT2D eigenvalue weighted by atomic mass is 9.80. The van der Waals surface area contributed by atoms with Crippen LogP contribution in [0.3, 0.4) is 0 Å². The lowest BCUT2D eigenvalue weighted by molar-refractivity contribution is -0.135. The van der Waals surface area contributed by atoms with E-state index in [4.69, 9.17) is 4.74 Å². The van der Waals surface area contributed by atoms with Crippen LogP contribution in [0.1, 0.15) is 18.4 Å². The zero-order chi connectivity index (χ0) is 18.4. The van der Waals surface area contributed by atoms with Gasteiger partial charge in [-0.15, -0.1) is 0 Å². The maximum atomic E-state index is 12.8. The van der Waals surface area contributed by atoms with Gasteiger partial charge in [-0.25, -0.2) is 0 Å². The third-order valence-corrected chi connectivity index (χ3v) is 5.59. The minimum absolute atomic E-state index is 0.0907. The molecule has 0 bridgehead atoms. The van der Waals surface area contributed by atoms with Crippen molar-refractivity contribution in [2.75, 3.05) is 66.6 Å². The molecule has 0 saturated carbocycles. The van der Waals surface area contributed by atoms with Crippen LogP contribution in [-0.2, 0) is 16.0 Å². The summed E-state index contributed by atoms with van der Waals surface area (Å²) >= 11 is 0. The van der Waals surface area contributed by atoms with Gasteiger partial charge in [0.05, 0.1) is 19.6 Å². The van der Waals surface area contributed by atoms with Gasteiger partial charge in [-0.1, -0.05) is 30.3 Å². The second-order valence-electron chi connectivity index (χ2n) is 8.21. The SMILES string of the molecule is CN(C)CCN1CCOCC2(CCCN(C(=O)Cc3ccccc3)C2)C1. The van der Waals surface area contributed by atoms with Gasteiger partial charge in [0, 0.05) is 44.7 Å². The quantitative estimate of drug-likeness (QED) is 0.802. The molecule has 2 fully saturated rings.